The van der Waals surface area contributed by atoms with Crippen molar-refractivity contribution in [1.82, 2.24) is 10.6 Å². The molecule has 0 aromatic rings. The summed E-state index contributed by atoms with van der Waals surface area (Å²) < 4.78 is 0. The van der Waals surface area contributed by atoms with E-state index in [0.717, 1.165) is 31.7 Å². The Hall–Kier alpha value is -0.570. The van der Waals surface area contributed by atoms with Crippen LogP contribution in [0.3, 0.4) is 0 Å². The highest BCUT2D eigenvalue weighted by Gasteiger charge is 2.26. The molecule has 2 rings (SSSR count). The molecule has 2 atom stereocenters. The SMILES string of the molecule is C[C@H](NC1CCCCNC1=O)C1CCCCC1. The molecule has 1 heterocycles. The number of amides is 1. The zero-order valence-electron chi connectivity index (χ0n) is 11.0. The fourth-order valence-electron chi connectivity index (χ4n) is 3.19. The third kappa shape index (κ3) is 3.70. The molecular formula is C14H26N2O. The standard InChI is InChI=1S/C14H26N2O/c1-11(12-7-3-2-4-8-12)16-13-9-5-6-10-15-14(13)17/h11-13,16H,2-10H2,1H3,(H,15,17)/t11-,13?/m0/s1. The van der Waals surface area contributed by atoms with Gasteiger partial charge in [-0.1, -0.05) is 19.3 Å². The van der Waals surface area contributed by atoms with Crippen LogP contribution in [0.2, 0.25) is 0 Å². The molecule has 1 amide bonds. The minimum Gasteiger partial charge on any atom is -0.355 e. The van der Waals surface area contributed by atoms with Crippen molar-refractivity contribution >= 4 is 5.91 Å². The van der Waals surface area contributed by atoms with E-state index in [2.05, 4.69) is 17.6 Å². The molecule has 3 heteroatoms. The van der Waals surface area contributed by atoms with Gasteiger partial charge in [0, 0.05) is 12.6 Å². The molecule has 2 aliphatic rings. The van der Waals surface area contributed by atoms with Crippen molar-refractivity contribution in [3.8, 4) is 0 Å². The van der Waals surface area contributed by atoms with E-state index in [-0.39, 0.29) is 11.9 Å². The lowest BCUT2D eigenvalue weighted by molar-refractivity contribution is -0.123. The second-order valence-corrected chi connectivity index (χ2v) is 5.69. The van der Waals surface area contributed by atoms with Gasteiger partial charge in [-0.15, -0.1) is 0 Å². The highest BCUT2D eigenvalue weighted by atomic mass is 16.2. The second-order valence-electron chi connectivity index (χ2n) is 5.69. The summed E-state index contributed by atoms with van der Waals surface area (Å²) in [6, 6.07) is 0.540. The number of carbonyl (C=O) groups excluding carboxylic acids is 1. The monoisotopic (exact) mass is 238 g/mol. The molecule has 0 aromatic carbocycles. The molecular weight excluding hydrogens is 212 g/mol. The van der Waals surface area contributed by atoms with Gasteiger partial charge in [-0.25, -0.2) is 0 Å². The Morgan fingerprint density at radius 2 is 1.82 bits per heavy atom. The van der Waals surface area contributed by atoms with Crippen LogP contribution in [-0.2, 0) is 4.79 Å². The number of carbonyl (C=O) groups is 1. The maximum absolute atomic E-state index is 11.9. The summed E-state index contributed by atoms with van der Waals surface area (Å²) in [5, 5.41) is 6.57. The summed E-state index contributed by atoms with van der Waals surface area (Å²) >= 11 is 0. The van der Waals surface area contributed by atoms with Gasteiger partial charge in [0.15, 0.2) is 0 Å². The molecule has 1 aliphatic heterocycles. The summed E-state index contributed by atoms with van der Waals surface area (Å²) in [7, 11) is 0. The number of hydrogen-bond acceptors (Lipinski definition) is 2. The molecule has 98 valence electrons. The highest BCUT2D eigenvalue weighted by Crippen LogP contribution is 2.26. The first-order chi connectivity index (χ1) is 8.27. The van der Waals surface area contributed by atoms with E-state index in [1.165, 1.54) is 32.1 Å². The predicted octanol–water partition coefficient (Wildman–Crippen LogP) is 2.21. The average molecular weight is 238 g/mol. The van der Waals surface area contributed by atoms with Crippen LogP contribution in [0.4, 0.5) is 0 Å². The maximum atomic E-state index is 11.9. The molecule has 0 radical (unpaired) electrons. The largest absolute Gasteiger partial charge is 0.355 e. The van der Waals surface area contributed by atoms with Crippen molar-refractivity contribution in [2.24, 2.45) is 5.92 Å². The molecule has 1 aliphatic carbocycles. The van der Waals surface area contributed by atoms with Gasteiger partial charge in [0.05, 0.1) is 6.04 Å². The summed E-state index contributed by atoms with van der Waals surface area (Å²) in [4.78, 5) is 11.9. The third-order valence-electron chi connectivity index (χ3n) is 4.36. The maximum Gasteiger partial charge on any atom is 0.237 e. The van der Waals surface area contributed by atoms with Gasteiger partial charge < -0.3 is 10.6 Å². The van der Waals surface area contributed by atoms with E-state index < -0.39 is 0 Å². The lowest BCUT2D eigenvalue weighted by Gasteiger charge is -2.31. The van der Waals surface area contributed by atoms with E-state index in [0.29, 0.717) is 6.04 Å². The van der Waals surface area contributed by atoms with Crippen molar-refractivity contribution in [1.29, 1.82) is 0 Å². The van der Waals surface area contributed by atoms with Crippen molar-refractivity contribution in [2.75, 3.05) is 6.54 Å². The van der Waals surface area contributed by atoms with Crippen LogP contribution in [0.1, 0.15) is 58.3 Å². The van der Waals surface area contributed by atoms with Gasteiger partial charge in [-0.05, 0) is 44.9 Å². The van der Waals surface area contributed by atoms with Crippen LogP contribution < -0.4 is 10.6 Å². The Kier molecular flexibility index (Phi) is 4.84. The van der Waals surface area contributed by atoms with E-state index >= 15 is 0 Å². The first kappa shape index (κ1) is 12.9. The quantitative estimate of drug-likeness (QED) is 0.791. The lowest BCUT2D eigenvalue weighted by atomic mass is 9.84. The highest BCUT2D eigenvalue weighted by molar-refractivity contribution is 5.81. The van der Waals surface area contributed by atoms with Crippen LogP contribution in [0.25, 0.3) is 0 Å². The predicted molar refractivity (Wildman–Crippen MR) is 69.8 cm³/mol. The van der Waals surface area contributed by atoms with Crippen molar-refractivity contribution in [3.05, 3.63) is 0 Å². The molecule has 0 spiro atoms. The van der Waals surface area contributed by atoms with Crippen LogP contribution in [0.15, 0.2) is 0 Å². The number of rotatable bonds is 3. The van der Waals surface area contributed by atoms with Crippen LogP contribution >= 0.6 is 0 Å². The summed E-state index contributed by atoms with van der Waals surface area (Å²) in [5.41, 5.74) is 0. The molecule has 3 nitrogen and oxygen atoms in total. The zero-order valence-corrected chi connectivity index (χ0v) is 11.0. The van der Waals surface area contributed by atoms with Crippen LogP contribution in [0, 0.1) is 5.92 Å². The first-order valence-corrected chi connectivity index (χ1v) is 7.31. The fraction of sp³-hybridized carbons (Fsp3) is 0.929. The topological polar surface area (TPSA) is 41.1 Å². The minimum absolute atomic E-state index is 0.0504. The second kappa shape index (κ2) is 6.39. The summed E-state index contributed by atoms with van der Waals surface area (Å²) in [5.74, 6) is 0.991. The van der Waals surface area contributed by atoms with Crippen molar-refractivity contribution in [2.45, 2.75) is 70.4 Å². The molecule has 2 fully saturated rings. The molecule has 0 aromatic heterocycles. The normalized spacial score (nSPS) is 29.5. The Balaban J connectivity index is 1.83. The van der Waals surface area contributed by atoms with E-state index in [9.17, 15) is 4.79 Å². The minimum atomic E-state index is 0.0504. The lowest BCUT2D eigenvalue weighted by Crippen LogP contribution is -2.48. The summed E-state index contributed by atoms with van der Waals surface area (Å²) in [6.45, 7) is 3.11. The molecule has 1 unspecified atom stereocenters. The summed E-state index contributed by atoms with van der Waals surface area (Å²) in [6.07, 6.45) is 10.1. The molecule has 0 bridgehead atoms. The van der Waals surface area contributed by atoms with Crippen molar-refractivity contribution in [3.63, 3.8) is 0 Å². The molecule has 2 N–H and O–H groups in total. The Labute approximate surface area is 105 Å². The third-order valence-corrected chi connectivity index (χ3v) is 4.36. The van der Waals surface area contributed by atoms with Crippen LogP contribution in [-0.4, -0.2) is 24.5 Å². The number of hydrogen-bond donors (Lipinski definition) is 2. The van der Waals surface area contributed by atoms with E-state index in [1.54, 1.807) is 0 Å². The zero-order chi connectivity index (χ0) is 12.1. The fourth-order valence-corrected chi connectivity index (χ4v) is 3.19. The van der Waals surface area contributed by atoms with E-state index in [1.807, 2.05) is 0 Å². The molecule has 17 heavy (non-hydrogen) atoms. The first-order valence-electron chi connectivity index (χ1n) is 7.31. The van der Waals surface area contributed by atoms with Gasteiger partial charge in [-0.3, -0.25) is 4.79 Å². The van der Waals surface area contributed by atoms with Crippen molar-refractivity contribution < 1.29 is 4.79 Å². The Morgan fingerprint density at radius 3 is 2.59 bits per heavy atom. The molecule has 1 saturated heterocycles. The van der Waals surface area contributed by atoms with Crippen LogP contribution in [0.5, 0.6) is 0 Å². The smallest absolute Gasteiger partial charge is 0.237 e. The van der Waals surface area contributed by atoms with Gasteiger partial charge in [0.25, 0.3) is 0 Å². The van der Waals surface area contributed by atoms with Gasteiger partial charge in [0.2, 0.25) is 5.91 Å². The van der Waals surface area contributed by atoms with Gasteiger partial charge in [0.1, 0.15) is 0 Å². The average Bonchev–Trinajstić information content (AvgIpc) is 2.56. The van der Waals surface area contributed by atoms with Gasteiger partial charge >= 0.3 is 0 Å². The Bertz CT molecular complexity index is 249. The van der Waals surface area contributed by atoms with E-state index in [4.69, 9.17) is 0 Å². The van der Waals surface area contributed by atoms with Gasteiger partial charge in [-0.2, -0.15) is 0 Å². The molecule has 1 saturated carbocycles. The number of nitrogens with one attached hydrogen (secondary N) is 2. The Morgan fingerprint density at radius 1 is 1.12 bits per heavy atom.